The number of carbonyl (C=O) groups is 1. The number of amides is 1. The van der Waals surface area contributed by atoms with Crippen LogP contribution in [-0.4, -0.2) is 12.1 Å². The summed E-state index contributed by atoms with van der Waals surface area (Å²) in [7, 11) is 0. The molecule has 0 aromatic heterocycles. The lowest BCUT2D eigenvalue weighted by Crippen LogP contribution is -2.26. The first-order chi connectivity index (χ1) is 7.89. The van der Waals surface area contributed by atoms with E-state index in [9.17, 15) is 18.0 Å². The number of benzene rings is 1. The molecule has 1 amide bonds. The lowest BCUT2D eigenvalue weighted by molar-refractivity contribution is -0.176. The van der Waals surface area contributed by atoms with Crippen LogP contribution in [0.2, 0.25) is 0 Å². The number of hydrogen-bond donors (Lipinski definition) is 1. The number of halogens is 3. The highest BCUT2D eigenvalue weighted by molar-refractivity contribution is 5.73. The van der Waals surface area contributed by atoms with Crippen LogP contribution in [0.1, 0.15) is 18.4 Å². The van der Waals surface area contributed by atoms with E-state index in [2.05, 4.69) is 0 Å². The van der Waals surface area contributed by atoms with Gasteiger partial charge in [0, 0.05) is 6.42 Å². The van der Waals surface area contributed by atoms with E-state index < -0.39 is 18.0 Å². The van der Waals surface area contributed by atoms with Gasteiger partial charge >= 0.3 is 6.18 Å². The highest BCUT2D eigenvalue weighted by Gasteiger charge is 2.39. The van der Waals surface area contributed by atoms with E-state index in [1.165, 1.54) is 0 Å². The van der Waals surface area contributed by atoms with Crippen molar-refractivity contribution in [1.29, 1.82) is 0 Å². The summed E-state index contributed by atoms with van der Waals surface area (Å²) in [6.45, 7) is 0. The van der Waals surface area contributed by atoms with E-state index in [1.807, 2.05) is 0 Å². The molecule has 0 aliphatic rings. The summed E-state index contributed by atoms with van der Waals surface area (Å²) < 4.78 is 38.1. The summed E-state index contributed by atoms with van der Waals surface area (Å²) in [5.74, 6) is -2.22. The fraction of sp³-hybridized carbons (Fsp3) is 0.417. The molecule has 0 aliphatic carbocycles. The third-order valence-electron chi connectivity index (χ3n) is 2.53. The van der Waals surface area contributed by atoms with Crippen molar-refractivity contribution in [2.24, 2.45) is 11.7 Å². The van der Waals surface area contributed by atoms with Crippen LogP contribution in [-0.2, 0) is 11.2 Å². The first-order valence-electron chi connectivity index (χ1n) is 5.28. The number of rotatable bonds is 5. The Bertz CT molecular complexity index is 362. The van der Waals surface area contributed by atoms with Crippen molar-refractivity contribution < 1.29 is 18.0 Å². The molecule has 2 N–H and O–H groups in total. The molecule has 0 saturated heterocycles. The Balaban J connectivity index is 2.68. The van der Waals surface area contributed by atoms with Gasteiger partial charge in [0.15, 0.2) is 0 Å². The zero-order chi connectivity index (χ0) is 12.9. The Kier molecular flexibility index (Phi) is 4.54. The second-order valence-corrected chi connectivity index (χ2v) is 3.93. The fourth-order valence-corrected chi connectivity index (χ4v) is 1.60. The Morgan fingerprint density at radius 1 is 1.24 bits per heavy atom. The van der Waals surface area contributed by atoms with Gasteiger partial charge in [-0.05, 0) is 18.4 Å². The van der Waals surface area contributed by atoms with E-state index in [1.54, 1.807) is 30.3 Å². The Hall–Kier alpha value is -1.52. The van der Waals surface area contributed by atoms with Crippen LogP contribution < -0.4 is 5.73 Å². The molecule has 1 aromatic rings. The molecule has 0 heterocycles. The van der Waals surface area contributed by atoms with Crippen molar-refractivity contribution in [3.05, 3.63) is 35.9 Å². The molecule has 0 bridgehead atoms. The summed E-state index contributed by atoms with van der Waals surface area (Å²) in [6, 6.07) is 8.41. The van der Waals surface area contributed by atoms with E-state index >= 15 is 0 Å². The van der Waals surface area contributed by atoms with Gasteiger partial charge < -0.3 is 5.73 Å². The van der Waals surface area contributed by atoms with Gasteiger partial charge in [0.05, 0.1) is 5.92 Å². The summed E-state index contributed by atoms with van der Waals surface area (Å²) in [5, 5.41) is 0. The predicted molar refractivity (Wildman–Crippen MR) is 58.1 cm³/mol. The molecule has 0 aliphatic heterocycles. The van der Waals surface area contributed by atoms with E-state index in [-0.39, 0.29) is 19.3 Å². The number of alkyl halides is 3. The van der Waals surface area contributed by atoms with Crippen molar-refractivity contribution in [3.8, 4) is 0 Å². The van der Waals surface area contributed by atoms with Crippen LogP contribution in [0, 0.1) is 5.92 Å². The molecule has 1 unspecified atom stereocenters. The van der Waals surface area contributed by atoms with E-state index in [4.69, 9.17) is 5.73 Å². The Morgan fingerprint density at radius 2 is 1.82 bits per heavy atom. The smallest absolute Gasteiger partial charge is 0.370 e. The Morgan fingerprint density at radius 3 is 2.29 bits per heavy atom. The predicted octanol–water partition coefficient (Wildman–Crippen LogP) is 2.67. The maximum Gasteiger partial charge on any atom is 0.392 e. The number of nitrogens with two attached hydrogens (primary N) is 1. The third kappa shape index (κ3) is 4.89. The summed E-state index contributed by atoms with van der Waals surface area (Å²) in [6.07, 6.45) is -4.91. The molecule has 1 atom stereocenters. The van der Waals surface area contributed by atoms with Gasteiger partial charge in [0.25, 0.3) is 0 Å². The highest BCUT2D eigenvalue weighted by Crippen LogP contribution is 2.32. The fourth-order valence-electron chi connectivity index (χ4n) is 1.60. The van der Waals surface area contributed by atoms with Crippen molar-refractivity contribution in [1.82, 2.24) is 0 Å². The molecule has 2 nitrogen and oxygen atoms in total. The van der Waals surface area contributed by atoms with Gasteiger partial charge in [-0.15, -0.1) is 0 Å². The average molecular weight is 245 g/mol. The quantitative estimate of drug-likeness (QED) is 0.851. The van der Waals surface area contributed by atoms with Crippen molar-refractivity contribution >= 4 is 5.91 Å². The van der Waals surface area contributed by atoms with Gasteiger partial charge in [-0.2, -0.15) is 13.2 Å². The van der Waals surface area contributed by atoms with Crippen LogP contribution in [0.3, 0.4) is 0 Å². The minimum absolute atomic E-state index is 0.113. The van der Waals surface area contributed by atoms with Gasteiger partial charge in [-0.25, -0.2) is 0 Å². The zero-order valence-electron chi connectivity index (χ0n) is 9.20. The minimum Gasteiger partial charge on any atom is -0.370 e. The molecule has 0 saturated carbocycles. The second-order valence-electron chi connectivity index (χ2n) is 3.93. The topological polar surface area (TPSA) is 43.1 Å². The van der Waals surface area contributed by atoms with Crippen molar-refractivity contribution in [2.75, 3.05) is 0 Å². The highest BCUT2D eigenvalue weighted by atomic mass is 19.4. The Labute approximate surface area is 97.6 Å². The molecule has 0 spiro atoms. The number of carbonyl (C=O) groups excluding carboxylic acids is 1. The molecule has 17 heavy (non-hydrogen) atoms. The van der Waals surface area contributed by atoms with Crippen LogP contribution in [0.5, 0.6) is 0 Å². The number of hydrogen-bond acceptors (Lipinski definition) is 1. The molecule has 94 valence electrons. The van der Waals surface area contributed by atoms with Crippen LogP contribution in [0.15, 0.2) is 30.3 Å². The maximum absolute atomic E-state index is 12.7. The monoisotopic (exact) mass is 245 g/mol. The van der Waals surface area contributed by atoms with Crippen LogP contribution in [0.25, 0.3) is 0 Å². The third-order valence-corrected chi connectivity index (χ3v) is 2.53. The molecule has 1 aromatic carbocycles. The molecule has 0 radical (unpaired) electrons. The maximum atomic E-state index is 12.7. The first kappa shape index (κ1) is 13.5. The summed E-state index contributed by atoms with van der Waals surface area (Å²) >= 11 is 0. The second kappa shape index (κ2) is 5.70. The van der Waals surface area contributed by atoms with E-state index in [0.29, 0.717) is 5.56 Å². The van der Waals surface area contributed by atoms with Gasteiger partial charge in [-0.3, -0.25) is 4.79 Å². The van der Waals surface area contributed by atoms with Crippen LogP contribution >= 0.6 is 0 Å². The van der Waals surface area contributed by atoms with Gasteiger partial charge in [0.2, 0.25) is 5.91 Å². The normalized spacial score (nSPS) is 13.4. The lowest BCUT2D eigenvalue weighted by Gasteiger charge is -2.19. The first-order valence-corrected chi connectivity index (χ1v) is 5.28. The molecular formula is C12H14F3NO. The SMILES string of the molecule is NC(=O)CCC(Cc1ccccc1)C(F)(F)F. The lowest BCUT2D eigenvalue weighted by atomic mass is 9.94. The van der Waals surface area contributed by atoms with Gasteiger partial charge in [-0.1, -0.05) is 30.3 Å². The largest absolute Gasteiger partial charge is 0.392 e. The van der Waals surface area contributed by atoms with Crippen molar-refractivity contribution in [2.45, 2.75) is 25.4 Å². The standard InChI is InChI=1S/C12H14F3NO/c13-12(14,15)10(6-7-11(16)17)8-9-4-2-1-3-5-9/h1-5,10H,6-8H2,(H2,16,17). The van der Waals surface area contributed by atoms with Gasteiger partial charge in [0.1, 0.15) is 0 Å². The molecule has 5 heteroatoms. The molecular weight excluding hydrogens is 231 g/mol. The molecule has 1 rings (SSSR count). The zero-order valence-corrected chi connectivity index (χ0v) is 9.20. The summed E-state index contributed by atoms with van der Waals surface area (Å²) in [4.78, 5) is 10.5. The number of primary amides is 1. The average Bonchev–Trinajstić information content (AvgIpc) is 2.23. The molecule has 0 fully saturated rings. The van der Waals surface area contributed by atoms with Crippen molar-refractivity contribution in [3.63, 3.8) is 0 Å². The van der Waals surface area contributed by atoms with E-state index in [0.717, 1.165) is 0 Å². The summed E-state index contributed by atoms with van der Waals surface area (Å²) in [5.41, 5.74) is 5.48. The van der Waals surface area contributed by atoms with Crippen LogP contribution in [0.4, 0.5) is 13.2 Å². The minimum atomic E-state index is -4.30.